The Morgan fingerprint density at radius 1 is 1.47 bits per heavy atom. The van der Waals surface area contributed by atoms with Gasteiger partial charge in [0.25, 0.3) is 5.91 Å². The van der Waals surface area contributed by atoms with E-state index in [4.69, 9.17) is 4.74 Å². The van der Waals surface area contributed by atoms with Crippen LogP contribution in [0.25, 0.3) is 0 Å². The van der Waals surface area contributed by atoms with E-state index in [0.717, 1.165) is 6.42 Å². The van der Waals surface area contributed by atoms with Crippen molar-refractivity contribution in [2.24, 2.45) is 0 Å². The second-order valence-electron chi connectivity index (χ2n) is 3.48. The molecule has 1 amide bonds. The molecule has 0 aromatic heterocycles. The summed E-state index contributed by atoms with van der Waals surface area (Å²) in [6.07, 6.45) is 0.918. The van der Waals surface area contributed by atoms with Crippen LogP contribution in [0.3, 0.4) is 0 Å². The fourth-order valence-electron chi connectivity index (χ4n) is 1.24. The predicted octanol–water partition coefficient (Wildman–Crippen LogP) is 2.22. The number of nitrogens with one attached hydrogen (secondary N) is 1. The molecule has 0 saturated carbocycles. The number of amides is 1. The van der Waals surface area contributed by atoms with E-state index >= 15 is 0 Å². The van der Waals surface area contributed by atoms with Crippen LogP contribution < -0.4 is 10.1 Å². The number of hydrogen-bond donors (Lipinski definition) is 1. The van der Waals surface area contributed by atoms with Gasteiger partial charge in [0, 0.05) is 6.04 Å². The molecule has 1 atom stereocenters. The fourth-order valence-corrected chi connectivity index (χ4v) is 1.24. The minimum Gasteiger partial charge on any atom is -0.496 e. The maximum Gasteiger partial charge on any atom is 0.255 e. The smallest absolute Gasteiger partial charge is 0.255 e. The van der Waals surface area contributed by atoms with Gasteiger partial charge in [-0.3, -0.25) is 4.79 Å². The van der Waals surface area contributed by atoms with Gasteiger partial charge in [-0.25, -0.2) is 0 Å². The van der Waals surface area contributed by atoms with Crippen molar-refractivity contribution in [2.75, 3.05) is 7.11 Å². The van der Waals surface area contributed by atoms with Crippen LogP contribution in [0, 0.1) is 0 Å². The summed E-state index contributed by atoms with van der Waals surface area (Å²) in [5.41, 5.74) is 0.584. The van der Waals surface area contributed by atoms with Gasteiger partial charge in [-0.1, -0.05) is 19.1 Å². The molecule has 0 aliphatic heterocycles. The molecule has 0 aliphatic carbocycles. The second-order valence-corrected chi connectivity index (χ2v) is 3.48. The zero-order valence-corrected chi connectivity index (χ0v) is 9.41. The van der Waals surface area contributed by atoms with Crippen LogP contribution in [0.15, 0.2) is 24.3 Å². The van der Waals surface area contributed by atoms with Crippen LogP contribution in [0.4, 0.5) is 0 Å². The second kappa shape index (κ2) is 5.39. The summed E-state index contributed by atoms with van der Waals surface area (Å²) in [6.45, 7) is 4.01. The molecule has 0 heterocycles. The lowest BCUT2D eigenvalue weighted by Crippen LogP contribution is -2.32. The van der Waals surface area contributed by atoms with Crippen molar-refractivity contribution in [1.29, 1.82) is 0 Å². The first kappa shape index (κ1) is 11.6. The molecule has 3 nitrogen and oxygen atoms in total. The van der Waals surface area contributed by atoms with Gasteiger partial charge in [0.1, 0.15) is 5.75 Å². The molecule has 0 saturated heterocycles. The van der Waals surface area contributed by atoms with Gasteiger partial charge >= 0.3 is 0 Å². The lowest BCUT2D eigenvalue weighted by atomic mass is 10.1. The Morgan fingerprint density at radius 3 is 2.73 bits per heavy atom. The first-order valence-corrected chi connectivity index (χ1v) is 5.13. The summed E-state index contributed by atoms with van der Waals surface area (Å²) < 4.78 is 5.12. The van der Waals surface area contributed by atoms with Crippen molar-refractivity contribution in [3.63, 3.8) is 0 Å². The third-order valence-corrected chi connectivity index (χ3v) is 2.34. The quantitative estimate of drug-likeness (QED) is 0.822. The highest BCUT2D eigenvalue weighted by Gasteiger charge is 2.12. The number of methoxy groups -OCH3 is 1. The molecule has 1 unspecified atom stereocenters. The molecule has 0 aliphatic rings. The number of carbonyl (C=O) groups excluding carboxylic acids is 1. The molecule has 15 heavy (non-hydrogen) atoms. The van der Waals surface area contributed by atoms with Gasteiger partial charge in [0.15, 0.2) is 0 Å². The molecule has 0 spiro atoms. The fraction of sp³-hybridized carbons (Fsp3) is 0.417. The van der Waals surface area contributed by atoms with E-state index in [0.29, 0.717) is 11.3 Å². The predicted molar refractivity (Wildman–Crippen MR) is 60.2 cm³/mol. The molecule has 1 rings (SSSR count). The lowest BCUT2D eigenvalue weighted by Gasteiger charge is -2.13. The standard InChI is InChI=1S/C12H17NO2/c1-4-9(2)13-12(14)10-7-5-6-8-11(10)15-3/h5-9H,4H2,1-3H3,(H,13,14). The van der Waals surface area contributed by atoms with Gasteiger partial charge in [-0.2, -0.15) is 0 Å². The van der Waals surface area contributed by atoms with E-state index in [1.165, 1.54) is 0 Å². The largest absolute Gasteiger partial charge is 0.496 e. The van der Waals surface area contributed by atoms with Crippen molar-refractivity contribution < 1.29 is 9.53 Å². The zero-order chi connectivity index (χ0) is 11.3. The minimum absolute atomic E-state index is 0.0817. The maximum atomic E-state index is 11.8. The monoisotopic (exact) mass is 207 g/mol. The average molecular weight is 207 g/mol. The van der Waals surface area contributed by atoms with Gasteiger partial charge in [0.2, 0.25) is 0 Å². The molecule has 3 heteroatoms. The van der Waals surface area contributed by atoms with Crippen LogP contribution >= 0.6 is 0 Å². The van der Waals surface area contributed by atoms with Crippen LogP contribution in [0.2, 0.25) is 0 Å². The molecular weight excluding hydrogens is 190 g/mol. The molecule has 0 fully saturated rings. The Balaban J connectivity index is 2.81. The minimum atomic E-state index is -0.0817. The van der Waals surface area contributed by atoms with Crippen molar-refractivity contribution >= 4 is 5.91 Å². The molecular formula is C12H17NO2. The first-order valence-electron chi connectivity index (χ1n) is 5.13. The summed E-state index contributed by atoms with van der Waals surface area (Å²) in [4.78, 5) is 11.8. The Kier molecular flexibility index (Phi) is 4.16. The third kappa shape index (κ3) is 2.98. The lowest BCUT2D eigenvalue weighted by molar-refractivity contribution is 0.0936. The van der Waals surface area contributed by atoms with E-state index in [1.54, 1.807) is 19.2 Å². The zero-order valence-electron chi connectivity index (χ0n) is 9.41. The van der Waals surface area contributed by atoms with Crippen LogP contribution in [0.5, 0.6) is 5.75 Å². The highest BCUT2D eigenvalue weighted by Crippen LogP contribution is 2.17. The molecule has 1 aromatic rings. The summed E-state index contributed by atoms with van der Waals surface area (Å²) >= 11 is 0. The Morgan fingerprint density at radius 2 is 2.13 bits per heavy atom. The van der Waals surface area contributed by atoms with Gasteiger partial charge < -0.3 is 10.1 Å². The number of carbonyl (C=O) groups is 1. The van der Waals surface area contributed by atoms with Gasteiger partial charge in [-0.15, -0.1) is 0 Å². The topological polar surface area (TPSA) is 38.3 Å². The Hall–Kier alpha value is -1.51. The molecule has 0 radical (unpaired) electrons. The molecule has 82 valence electrons. The summed E-state index contributed by atoms with van der Waals surface area (Å²) in [7, 11) is 1.56. The number of rotatable bonds is 4. The van der Waals surface area contributed by atoms with Crippen LogP contribution in [-0.4, -0.2) is 19.1 Å². The SMILES string of the molecule is CCC(C)NC(=O)c1ccccc1OC. The number of benzene rings is 1. The van der Waals surface area contributed by atoms with E-state index in [-0.39, 0.29) is 11.9 Å². The summed E-state index contributed by atoms with van der Waals surface area (Å²) in [5, 5.41) is 2.90. The highest BCUT2D eigenvalue weighted by molar-refractivity contribution is 5.97. The normalized spacial score (nSPS) is 11.9. The van der Waals surface area contributed by atoms with Crippen molar-refractivity contribution in [3.05, 3.63) is 29.8 Å². The summed E-state index contributed by atoms with van der Waals surface area (Å²) in [5.74, 6) is 0.528. The van der Waals surface area contributed by atoms with E-state index in [1.807, 2.05) is 26.0 Å². The molecule has 0 bridgehead atoms. The number of ether oxygens (including phenoxy) is 1. The summed E-state index contributed by atoms with van der Waals surface area (Å²) in [6, 6.07) is 7.40. The third-order valence-electron chi connectivity index (χ3n) is 2.34. The highest BCUT2D eigenvalue weighted by atomic mass is 16.5. The average Bonchev–Trinajstić information content (AvgIpc) is 2.28. The van der Waals surface area contributed by atoms with E-state index < -0.39 is 0 Å². The Labute approximate surface area is 90.4 Å². The van der Waals surface area contributed by atoms with E-state index in [9.17, 15) is 4.79 Å². The molecule has 1 aromatic carbocycles. The maximum absolute atomic E-state index is 11.8. The Bertz CT molecular complexity index is 336. The van der Waals surface area contributed by atoms with E-state index in [2.05, 4.69) is 5.32 Å². The van der Waals surface area contributed by atoms with Crippen molar-refractivity contribution in [3.8, 4) is 5.75 Å². The van der Waals surface area contributed by atoms with Crippen LogP contribution in [-0.2, 0) is 0 Å². The van der Waals surface area contributed by atoms with Crippen molar-refractivity contribution in [1.82, 2.24) is 5.32 Å². The first-order chi connectivity index (χ1) is 7.19. The van der Waals surface area contributed by atoms with Gasteiger partial charge in [0.05, 0.1) is 12.7 Å². The number of para-hydroxylation sites is 1. The number of hydrogen-bond acceptors (Lipinski definition) is 2. The van der Waals surface area contributed by atoms with Crippen LogP contribution in [0.1, 0.15) is 30.6 Å². The van der Waals surface area contributed by atoms with Gasteiger partial charge in [-0.05, 0) is 25.5 Å². The van der Waals surface area contributed by atoms with Crippen molar-refractivity contribution in [2.45, 2.75) is 26.3 Å². The molecule has 1 N–H and O–H groups in total.